The molecule has 1 aromatic rings. The van der Waals surface area contributed by atoms with Gasteiger partial charge in [0.25, 0.3) is 0 Å². The summed E-state index contributed by atoms with van der Waals surface area (Å²) in [5.41, 5.74) is 2.19. The molecular weight excluding hydrogens is 333 g/mol. The molecule has 0 radical (unpaired) electrons. The van der Waals surface area contributed by atoms with Crippen molar-refractivity contribution in [3.05, 3.63) is 29.3 Å². The van der Waals surface area contributed by atoms with Crippen LogP contribution in [-0.2, 0) is 12.0 Å². The summed E-state index contributed by atoms with van der Waals surface area (Å²) < 4.78 is 2.87. The topological polar surface area (TPSA) is 23.5 Å². The molecule has 0 spiro atoms. The predicted molar refractivity (Wildman–Crippen MR) is 115 cm³/mol. The smallest absolute Gasteiger partial charge is 0.373 e. The van der Waals surface area contributed by atoms with Crippen molar-refractivity contribution in [3.63, 3.8) is 0 Å². The second-order valence-corrected chi connectivity index (χ2v) is 13.1. The van der Waals surface area contributed by atoms with Gasteiger partial charge >= 0.3 is 14.4 Å². The zero-order valence-electron chi connectivity index (χ0n) is 18.2. The van der Waals surface area contributed by atoms with Gasteiger partial charge in [-0.15, -0.1) is 0 Å². The van der Waals surface area contributed by atoms with Crippen molar-refractivity contribution in [3.8, 4) is 5.75 Å². The van der Waals surface area contributed by atoms with Gasteiger partial charge in [0.05, 0.1) is 0 Å². The molecule has 0 unspecified atom stereocenters. The van der Waals surface area contributed by atoms with E-state index in [9.17, 15) is 5.11 Å². The Hall–Kier alpha value is -0.488. The first kappa shape index (κ1) is 21.8. The molecule has 146 valence electrons. The second kappa shape index (κ2) is 9.14. The van der Waals surface area contributed by atoms with E-state index in [0.717, 1.165) is 35.5 Å². The monoisotopic (exact) mass is 373 g/mol. The van der Waals surface area contributed by atoms with Crippen LogP contribution in [0.5, 0.6) is 5.75 Å². The van der Waals surface area contributed by atoms with E-state index in [4.69, 9.17) is 0 Å². The van der Waals surface area contributed by atoms with E-state index in [1.165, 1.54) is 29.8 Å². The highest BCUT2D eigenvalue weighted by molar-refractivity contribution is 6.56. The van der Waals surface area contributed by atoms with Gasteiger partial charge in [-0.2, -0.15) is 0 Å². The molecule has 1 aliphatic rings. The Morgan fingerprint density at radius 3 is 2.08 bits per heavy atom. The molecule has 1 fully saturated rings. The molecule has 3 heteroatoms. The number of phenolic OH excluding ortho intramolecular Hbond substituents is 1. The maximum Gasteiger partial charge on any atom is 0.373 e. The van der Waals surface area contributed by atoms with Gasteiger partial charge in [-0.1, -0.05) is 95.5 Å². The van der Waals surface area contributed by atoms with Gasteiger partial charge in [0.15, 0.2) is 0 Å². The summed E-state index contributed by atoms with van der Waals surface area (Å²) in [7, 11) is 0. The molecule has 1 N–H and O–H groups in total. The van der Waals surface area contributed by atoms with Gasteiger partial charge in [0, 0.05) is 12.1 Å². The number of benzene rings is 1. The highest BCUT2D eigenvalue weighted by atomic mass is 27.2. The van der Waals surface area contributed by atoms with Crippen LogP contribution < -0.4 is 0 Å². The van der Waals surface area contributed by atoms with Crippen LogP contribution in [0.3, 0.4) is 0 Å². The van der Waals surface area contributed by atoms with Crippen LogP contribution in [-0.4, -0.2) is 29.4 Å². The predicted octanol–water partition coefficient (Wildman–Crippen LogP) is 6.35. The molecule has 0 atom stereocenters. The van der Waals surface area contributed by atoms with Gasteiger partial charge in [-0.05, 0) is 29.9 Å². The summed E-state index contributed by atoms with van der Waals surface area (Å²) in [6.45, 7) is 17.0. The molecule has 1 aliphatic carbocycles. The van der Waals surface area contributed by atoms with Gasteiger partial charge in [0.2, 0.25) is 0 Å². The Labute approximate surface area is 166 Å². The number of para-hydroxylation sites is 1. The third-order valence-electron chi connectivity index (χ3n) is 5.78. The zero-order valence-corrected chi connectivity index (χ0v) is 19.3. The second-order valence-electron chi connectivity index (χ2n) is 10.2. The molecule has 0 saturated heterocycles. The van der Waals surface area contributed by atoms with Crippen LogP contribution in [0.25, 0.3) is 0 Å². The van der Waals surface area contributed by atoms with Crippen molar-refractivity contribution in [2.75, 3.05) is 0 Å². The average Bonchev–Trinajstić information content (AvgIpc) is 2.43. The van der Waals surface area contributed by atoms with Crippen LogP contribution in [0, 0.1) is 11.8 Å². The van der Waals surface area contributed by atoms with E-state index in [1.54, 1.807) is 0 Å². The van der Waals surface area contributed by atoms with E-state index >= 15 is 0 Å². The molecule has 0 heterocycles. The third kappa shape index (κ3) is 5.75. The first-order valence-corrected chi connectivity index (χ1v) is 12.8. The standard InChI is InChI=1S/C15H22NO.2C4H9.Al/c1-15(2,3)13-9-4-6-11(14(13)17)10-16-12-7-5-8-12;2*1-4(2)3;/h4,6,9,12,17H,5,7-8,10H2,1-3H3;2*4H,1H2,2-3H3;/q-1;;;+1. The first-order chi connectivity index (χ1) is 12.1. The van der Waals surface area contributed by atoms with Gasteiger partial charge in [-0.3, -0.25) is 0 Å². The molecule has 2 rings (SSSR count). The van der Waals surface area contributed by atoms with E-state index in [-0.39, 0.29) is 5.41 Å². The van der Waals surface area contributed by atoms with Crippen LogP contribution >= 0.6 is 0 Å². The Morgan fingerprint density at radius 1 is 1.08 bits per heavy atom. The minimum Gasteiger partial charge on any atom is -0.507 e. The molecule has 1 saturated carbocycles. The maximum absolute atomic E-state index is 11.0. The first-order valence-electron chi connectivity index (χ1n) is 10.7. The van der Waals surface area contributed by atoms with Crippen molar-refractivity contribution in [2.24, 2.45) is 11.8 Å². The number of aromatic hydroxyl groups is 1. The maximum atomic E-state index is 11.0. The molecule has 0 bridgehead atoms. The fourth-order valence-corrected chi connectivity index (χ4v) is 8.51. The van der Waals surface area contributed by atoms with Crippen molar-refractivity contribution in [1.29, 1.82) is 0 Å². The number of phenols is 1. The van der Waals surface area contributed by atoms with E-state index in [0.29, 0.717) is 5.75 Å². The van der Waals surface area contributed by atoms with E-state index in [1.807, 2.05) is 0 Å². The molecule has 0 aliphatic heterocycles. The molecule has 2 nitrogen and oxygen atoms in total. The van der Waals surface area contributed by atoms with Gasteiger partial charge in [-0.25, -0.2) is 0 Å². The minimum atomic E-state index is -1.01. The SMILES string of the molecule is CC(C)[CH2][Al]([CH2]C(C)C)[N](Cc1cccc(C(C)(C)C)c1O)C1CCC1. The van der Waals surface area contributed by atoms with Crippen LogP contribution in [0.2, 0.25) is 10.6 Å². The zero-order chi connectivity index (χ0) is 19.5. The normalized spacial score (nSPS) is 15.8. The fourth-order valence-electron chi connectivity index (χ4n) is 4.25. The third-order valence-corrected chi connectivity index (χ3v) is 10.3. The Balaban J connectivity index is 2.30. The van der Waals surface area contributed by atoms with E-state index < -0.39 is 14.4 Å². The average molecular weight is 374 g/mol. The lowest BCUT2D eigenvalue weighted by Gasteiger charge is -2.43. The molecule has 1 aromatic carbocycles. The van der Waals surface area contributed by atoms with Crippen LogP contribution in [0.4, 0.5) is 0 Å². The quantitative estimate of drug-likeness (QED) is 0.537. The Bertz CT molecular complexity index is 562. The Morgan fingerprint density at radius 2 is 1.65 bits per heavy atom. The summed E-state index contributed by atoms with van der Waals surface area (Å²) in [5.74, 6) is 2.07. The van der Waals surface area contributed by atoms with Crippen molar-refractivity contribution < 1.29 is 5.11 Å². The van der Waals surface area contributed by atoms with Crippen molar-refractivity contribution in [1.82, 2.24) is 3.88 Å². The number of rotatable bonds is 8. The number of hydrogen-bond donors (Lipinski definition) is 1. The largest absolute Gasteiger partial charge is 0.507 e. The van der Waals surface area contributed by atoms with Crippen molar-refractivity contribution >= 4 is 14.4 Å². The summed E-state index contributed by atoms with van der Waals surface area (Å²) in [6, 6.07) is 7.12. The number of nitrogens with zero attached hydrogens (tertiary/aromatic N) is 1. The lowest BCUT2D eigenvalue weighted by Crippen LogP contribution is -2.49. The van der Waals surface area contributed by atoms with Crippen molar-refractivity contribution in [2.45, 2.75) is 96.3 Å². The molecule has 0 amide bonds. The van der Waals surface area contributed by atoms with Gasteiger partial charge < -0.3 is 8.99 Å². The summed E-state index contributed by atoms with van der Waals surface area (Å²) in [6.07, 6.45) is 4.07. The lowest BCUT2D eigenvalue weighted by molar-refractivity contribution is 0.205. The highest BCUT2D eigenvalue weighted by Gasteiger charge is 2.36. The summed E-state index contributed by atoms with van der Waals surface area (Å²) in [4.78, 5) is 0. The van der Waals surface area contributed by atoms with Gasteiger partial charge in [0.1, 0.15) is 5.75 Å². The molecular formula is C23H40AlNO. The van der Waals surface area contributed by atoms with Crippen LogP contribution in [0.15, 0.2) is 18.2 Å². The van der Waals surface area contributed by atoms with Crippen LogP contribution in [0.1, 0.15) is 78.9 Å². The summed E-state index contributed by atoms with van der Waals surface area (Å²) in [5, 5.41) is 13.7. The lowest BCUT2D eigenvalue weighted by atomic mass is 9.85. The Kier molecular flexibility index (Phi) is 7.66. The molecule has 0 aromatic heterocycles. The molecule has 26 heavy (non-hydrogen) atoms. The summed E-state index contributed by atoms with van der Waals surface area (Å²) >= 11 is -1.01. The highest BCUT2D eigenvalue weighted by Crippen LogP contribution is 2.36. The number of hydrogen-bond acceptors (Lipinski definition) is 2. The minimum absolute atomic E-state index is 0.0198. The van der Waals surface area contributed by atoms with E-state index in [2.05, 4.69) is 70.5 Å². The fraction of sp³-hybridized carbons (Fsp3) is 0.739.